The van der Waals surface area contributed by atoms with Gasteiger partial charge >= 0.3 is 0 Å². The highest BCUT2D eigenvalue weighted by molar-refractivity contribution is 9.10. The maximum absolute atomic E-state index is 6.60. The van der Waals surface area contributed by atoms with Crippen molar-refractivity contribution in [1.29, 1.82) is 0 Å². The van der Waals surface area contributed by atoms with Crippen molar-refractivity contribution in [3.05, 3.63) is 20.8 Å². The van der Waals surface area contributed by atoms with Gasteiger partial charge in [-0.2, -0.15) is 0 Å². The average Bonchev–Trinajstić information content (AvgIpc) is 2.48. The second kappa shape index (κ2) is 3.48. The summed E-state index contributed by atoms with van der Waals surface area (Å²) in [6, 6.07) is 2.08. The molecule has 1 aliphatic rings. The quantitative estimate of drug-likeness (QED) is 0.635. The van der Waals surface area contributed by atoms with Gasteiger partial charge in [0, 0.05) is 9.35 Å². The monoisotopic (exact) mass is 306 g/mol. The van der Waals surface area contributed by atoms with Crippen LogP contribution in [0.5, 0.6) is 0 Å². The first-order chi connectivity index (χ1) is 6.80. The average molecular weight is 308 g/mol. The summed E-state index contributed by atoms with van der Waals surface area (Å²) in [4.78, 5) is 1.28. The van der Waals surface area contributed by atoms with Crippen LogP contribution in [0, 0.1) is 16.7 Å². The van der Waals surface area contributed by atoms with Gasteiger partial charge in [-0.25, -0.2) is 0 Å². The fraction of sp³-hybridized carbons (Fsp3) is 0.667. The first kappa shape index (κ1) is 11.9. The highest BCUT2D eigenvalue weighted by atomic mass is 79.9. The van der Waals surface area contributed by atoms with Crippen LogP contribution in [0.2, 0.25) is 0 Å². The molecule has 0 radical (unpaired) electrons. The van der Waals surface area contributed by atoms with E-state index in [1.807, 2.05) is 0 Å². The van der Waals surface area contributed by atoms with E-state index >= 15 is 0 Å². The molecule has 1 aromatic heterocycles. The molecular weight excluding hydrogens is 292 g/mol. The molecule has 1 unspecified atom stereocenters. The summed E-state index contributed by atoms with van der Waals surface area (Å²) in [7, 11) is 0. The van der Waals surface area contributed by atoms with Gasteiger partial charge in [0.1, 0.15) is 0 Å². The van der Waals surface area contributed by atoms with Gasteiger partial charge in [-0.1, -0.05) is 27.7 Å². The Hall–Kier alpha value is 0.470. The Kier molecular flexibility index (Phi) is 2.77. The Labute approximate surface area is 109 Å². The number of hydrogen-bond donors (Lipinski definition) is 0. The van der Waals surface area contributed by atoms with Crippen LogP contribution in [0.25, 0.3) is 0 Å². The highest BCUT2D eigenvalue weighted by Gasteiger charge is 2.67. The third kappa shape index (κ3) is 1.60. The van der Waals surface area contributed by atoms with Crippen LogP contribution in [0.4, 0.5) is 0 Å². The Balaban J connectivity index is 2.26. The molecule has 84 valence electrons. The standard InChI is InChI=1S/C12H16BrClS/c1-11(2)10(12(11,3)4)8(14)9-7(13)5-6-15-9/h5-6,8,10H,1-4H3. The second-order valence-corrected chi connectivity index (χ2v) is 7.73. The van der Waals surface area contributed by atoms with Crippen molar-refractivity contribution in [2.75, 3.05) is 0 Å². The minimum Gasteiger partial charge on any atom is -0.146 e. The fourth-order valence-corrected chi connectivity index (χ4v) is 5.30. The lowest BCUT2D eigenvalue weighted by molar-refractivity contribution is 0.457. The van der Waals surface area contributed by atoms with Crippen molar-refractivity contribution in [1.82, 2.24) is 0 Å². The van der Waals surface area contributed by atoms with Crippen molar-refractivity contribution in [3.8, 4) is 0 Å². The summed E-state index contributed by atoms with van der Waals surface area (Å²) in [6.45, 7) is 9.26. The highest BCUT2D eigenvalue weighted by Crippen LogP contribution is 2.74. The topological polar surface area (TPSA) is 0 Å². The van der Waals surface area contributed by atoms with E-state index in [2.05, 4.69) is 55.1 Å². The molecule has 1 saturated carbocycles. The number of hydrogen-bond acceptors (Lipinski definition) is 1. The summed E-state index contributed by atoms with van der Waals surface area (Å²) < 4.78 is 1.16. The van der Waals surface area contributed by atoms with Crippen LogP contribution in [-0.4, -0.2) is 0 Å². The molecule has 0 aromatic carbocycles. The molecule has 1 heterocycles. The van der Waals surface area contributed by atoms with Gasteiger partial charge in [0.2, 0.25) is 0 Å². The summed E-state index contributed by atoms with van der Waals surface area (Å²) in [5, 5.41) is 2.24. The molecule has 0 N–H and O–H groups in total. The molecule has 1 aromatic rings. The maximum Gasteiger partial charge on any atom is 0.0728 e. The van der Waals surface area contributed by atoms with E-state index in [4.69, 9.17) is 11.6 Å². The van der Waals surface area contributed by atoms with Gasteiger partial charge in [-0.3, -0.25) is 0 Å². The van der Waals surface area contributed by atoms with Crippen LogP contribution in [0.3, 0.4) is 0 Å². The van der Waals surface area contributed by atoms with Crippen LogP contribution < -0.4 is 0 Å². The van der Waals surface area contributed by atoms with Crippen LogP contribution in [0.15, 0.2) is 15.9 Å². The lowest BCUT2D eigenvalue weighted by Gasteiger charge is -2.10. The lowest BCUT2D eigenvalue weighted by Crippen LogP contribution is -1.97. The molecule has 2 rings (SSSR count). The summed E-state index contributed by atoms with van der Waals surface area (Å²) in [5.41, 5.74) is 0.700. The largest absolute Gasteiger partial charge is 0.146 e. The van der Waals surface area contributed by atoms with Gasteiger partial charge in [0.25, 0.3) is 0 Å². The molecule has 1 fully saturated rings. The minimum absolute atomic E-state index is 0.143. The summed E-state index contributed by atoms with van der Waals surface area (Å²) >= 11 is 11.9. The van der Waals surface area contributed by atoms with Crippen molar-refractivity contribution in [2.24, 2.45) is 16.7 Å². The normalized spacial score (nSPS) is 25.2. The fourth-order valence-electron chi connectivity index (χ4n) is 2.63. The molecule has 3 heteroatoms. The molecule has 0 bridgehead atoms. The van der Waals surface area contributed by atoms with Gasteiger partial charge < -0.3 is 0 Å². The van der Waals surface area contributed by atoms with E-state index in [0.717, 1.165) is 4.47 Å². The van der Waals surface area contributed by atoms with Crippen molar-refractivity contribution < 1.29 is 0 Å². The zero-order chi connectivity index (χ0) is 11.4. The van der Waals surface area contributed by atoms with Gasteiger partial charge in [0.15, 0.2) is 0 Å². The van der Waals surface area contributed by atoms with Gasteiger partial charge in [-0.05, 0) is 44.1 Å². The molecule has 1 atom stereocenters. The van der Waals surface area contributed by atoms with Gasteiger partial charge in [-0.15, -0.1) is 22.9 Å². The first-order valence-electron chi connectivity index (χ1n) is 5.17. The second-order valence-electron chi connectivity index (χ2n) is 5.46. The number of halogens is 2. The van der Waals surface area contributed by atoms with Crippen molar-refractivity contribution in [2.45, 2.75) is 33.1 Å². The zero-order valence-electron chi connectivity index (χ0n) is 9.47. The number of alkyl halides is 1. The molecule has 0 amide bonds. The summed E-state index contributed by atoms with van der Waals surface area (Å²) in [5.74, 6) is 0.571. The van der Waals surface area contributed by atoms with E-state index < -0.39 is 0 Å². The molecule has 0 nitrogen and oxygen atoms in total. The third-order valence-corrected chi connectivity index (χ3v) is 6.87. The first-order valence-corrected chi connectivity index (χ1v) is 7.28. The molecule has 0 saturated heterocycles. The Bertz CT molecular complexity index is 367. The maximum atomic E-state index is 6.60. The zero-order valence-corrected chi connectivity index (χ0v) is 12.6. The predicted octanol–water partition coefficient (Wildman–Crippen LogP) is 5.47. The van der Waals surface area contributed by atoms with Crippen molar-refractivity contribution in [3.63, 3.8) is 0 Å². The molecule has 15 heavy (non-hydrogen) atoms. The van der Waals surface area contributed by atoms with Crippen molar-refractivity contribution >= 4 is 38.9 Å². The predicted molar refractivity (Wildman–Crippen MR) is 71.7 cm³/mol. The smallest absolute Gasteiger partial charge is 0.0728 e. The van der Waals surface area contributed by atoms with E-state index in [9.17, 15) is 0 Å². The van der Waals surface area contributed by atoms with E-state index in [-0.39, 0.29) is 5.38 Å². The van der Waals surface area contributed by atoms with Crippen LogP contribution in [-0.2, 0) is 0 Å². The Morgan fingerprint density at radius 3 is 2.20 bits per heavy atom. The van der Waals surface area contributed by atoms with E-state index in [1.165, 1.54) is 4.88 Å². The number of rotatable bonds is 2. The third-order valence-electron chi connectivity index (χ3n) is 4.32. The van der Waals surface area contributed by atoms with Crippen LogP contribution in [0.1, 0.15) is 37.9 Å². The lowest BCUT2D eigenvalue weighted by atomic mass is 10.0. The molecule has 0 spiro atoms. The minimum atomic E-state index is 0.143. The Morgan fingerprint density at radius 2 is 1.87 bits per heavy atom. The SMILES string of the molecule is CC1(C)C(C(Cl)c2sccc2Br)C1(C)C. The van der Waals surface area contributed by atoms with E-state index in [1.54, 1.807) is 11.3 Å². The molecule has 1 aliphatic carbocycles. The molecule has 0 aliphatic heterocycles. The van der Waals surface area contributed by atoms with Crippen LogP contribution >= 0.6 is 38.9 Å². The summed E-state index contributed by atoms with van der Waals surface area (Å²) in [6.07, 6.45) is 0. The van der Waals surface area contributed by atoms with Gasteiger partial charge in [0.05, 0.1) is 5.38 Å². The van der Waals surface area contributed by atoms with E-state index in [0.29, 0.717) is 16.7 Å². The number of thiophene rings is 1. The Morgan fingerprint density at radius 1 is 1.33 bits per heavy atom. The molecular formula is C12H16BrClS.